The molecule has 0 aromatic carbocycles. The van der Waals surface area contributed by atoms with Gasteiger partial charge in [0.1, 0.15) is 11.6 Å². The molecule has 3 aromatic rings. The fraction of sp³-hybridized carbons (Fsp3) is 0.500. The van der Waals surface area contributed by atoms with Crippen LogP contribution in [0.2, 0.25) is 0 Å². The van der Waals surface area contributed by atoms with E-state index in [-0.39, 0.29) is 0 Å². The van der Waals surface area contributed by atoms with E-state index in [0.29, 0.717) is 5.92 Å². The predicted octanol–water partition coefficient (Wildman–Crippen LogP) is 2.13. The summed E-state index contributed by atoms with van der Waals surface area (Å²) >= 11 is 1.67. The van der Waals surface area contributed by atoms with Crippen molar-refractivity contribution in [3.63, 3.8) is 0 Å². The van der Waals surface area contributed by atoms with Gasteiger partial charge in [-0.3, -0.25) is 9.30 Å². The Balaban J connectivity index is 1.51. The fourth-order valence-electron chi connectivity index (χ4n) is 2.87. The Hall–Kier alpha value is -1.73. The zero-order chi connectivity index (χ0) is 14.4. The van der Waals surface area contributed by atoms with E-state index in [1.165, 1.54) is 0 Å². The second-order valence-corrected chi connectivity index (χ2v) is 6.69. The highest BCUT2D eigenvalue weighted by Gasteiger charge is 2.22. The Kier molecular flexibility index (Phi) is 3.04. The van der Waals surface area contributed by atoms with Gasteiger partial charge in [0.2, 0.25) is 0 Å². The third kappa shape index (κ3) is 2.26. The summed E-state index contributed by atoms with van der Waals surface area (Å²) in [5.74, 6) is 2.61. The van der Waals surface area contributed by atoms with Crippen molar-refractivity contribution in [2.75, 3.05) is 6.54 Å². The van der Waals surface area contributed by atoms with Crippen LogP contribution in [-0.2, 0) is 19.6 Å². The van der Waals surface area contributed by atoms with E-state index in [2.05, 4.69) is 60.7 Å². The molecule has 1 aliphatic heterocycles. The maximum Gasteiger partial charge on any atom is 0.193 e. The smallest absolute Gasteiger partial charge is 0.193 e. The first kappa shape index (κ1) is 13.0. The van der Waals surface area contributed by atoms with Crippen molar-refractivity contribution in [1.82, 2.24) is 29.0 Å². The van der Waals surface area contributed by atoms with Crippen LogP contribution in [0.5, 0.6) is 0 Å². The molecule has 0 saturated heterocycles. The highest BCUT2D eigenvalue weighted by atomic mass is 32.1. The van der Waals surface area contributed by atoms with Gasteiger partial charge in [-0.05, 0) is 0 Å². The van der Waals surface area contributed by atoms with Crippen molar-refractivity contribution in [3.8, 4) is 0 Å². The molecule has 0 saturated carbocycles. The van der Waals surface area contributed by atoms with Gasteiger partial charge >= 0.3 is 0 Å². The molecule has 0 radical (unpaired) electrons. The molecule has 1 aliphatic rings. The van der Waals surface area contributed by atoms with E-state index in [0.717, 1.165) is 48.5 Å². The van der Waals surface area contributed by atoms with Gasteiger partial charge in [-0.15, -0.1) is 21.5 Å². The van der Waals surface area contributed by atoms with Gasteiger partial charge in [0.15, 0.2) is 4.96 Å². The summed E-state index contributed by atoms with van der Waals surface area (Å²) in [5, 5.41) is 10.7. The Morgan fingerprint density at radius 3 is 3.00 bits per heavy atom. The van der Waals surface area contributed by atoms with Crippen LogP contribution in [0.25, 0.3) is 4.96 Å². The largest absolute Gasteiger partial charge is 0.312 e. The lowest BCUT2D eigenvalue weighted by atomic mass is 10.2. The predicted molar refractivity (Wildman–Crippen MR) is 81.3 cm³/mol. The lowest BCUT2D eigenvalue weighted by molar-refractivity contribution is 0.205. The number of aromatic nitrogens is 5. The van der Waals surface area contributed by atoms with Gasteiger partial charge < -0.3 is 4.57 Å². The molecule has 7 heteroatoms. The summed E-state index contributed by atoms with van der Waals surface area (Å²) in [7, 11) is 0. The van der Waals surface area contributed by atoms with Gasteiger partial charge in [-0.1, -0.05) is 13.8 Å². The van der Waals surface area contributed by atoms with Gasteiger partial charge in [-0.2, -0.15) is 0 Å². The normalized spacial score (nSPS) is 16.0. The maximum absolute atomic E-state index is 4.65. The Morgan fingerprint density at radius 1 is 1.29 bits per heavy atom. The van der Waals surface area contributed by atoms with E-state index in [1.54, 1.807) is 11.3 Å². The molecule has 0 atom stereocenters. The van der Waals surface area contributed by atoms with Crippen LogP contribution >= 0.6 is 11.3 Å². The average molecular weight is 302 g/mol. The van der Waals surface area contributed by atoms with Crippen molar-refractivity contribution in [1.29, 1.82) is 0 Å². The highest BCUT2D eigenvalue weighted by molar-refractivity contribution is 7.15. The van der Waals surface area contributed by atoms with Gasteiger partial charge in [0, 0.05) is 43.3 Å². The third-order valence-corrected chi connectivity index (χ3v) is 4.68. The highest BCUT2D eigenvalue weighted by Crippen LogP contribution is 2.20. The second-order valence-electron chi connectivity index (χ2n) is 5.82. The van der Waals surface area contributed by atoms with Gasteiger partial charge in [0.25, 0.3) is 0 Å². The summed E-state index contributed by atoms with van der Waals surface area (Å²) in [5.41, 5.74) is 1.12. The van der Waals surface area contributed by atoms with E-state index >= 15 is 0 Å². The summed E-state index contributed by atoms with van der Waals surface area (Å²) in [6.45, 7) is 8.06. The standard InChI is InChI=1S/C14H18N6S/c1-10(2)13-17-16-12-9-18(3-4-20(12)13)7-11-8-19-5-6-21-14(19)15-11/h5-6,8,10H,3-4,7,9H2,1-2H3. The maximum atomic E-state index is 4.65. The second kappa shape index (κ2) is 4.92. The Morgan fingerprint density at radius 2 is 2.19 bits per heavy atom. The van der Waals surface area contributed by atoms with Crippen LogP contribution in [0, 0.1) is 0 Å². The number of hydrogen-bond donors (Lipinski definition) is 0. The average Bonchev–Trinajstić information content (AvgIpc) is 3.11. The summed E-state index contributed by atoms with van der Waals surface area (Å²) < 4.78 is 4.36. The first-order valence-corrected chi connectivity index (χ1v) is 8.14. The molecule has 0 unspecified atom stereocenters. The molecule has 6 nitrogen and oxygen atoms in total. The molecular formula is C14H18N6S. The van der Waals surface area contributed by atoms with Gasteiger partial charge in [0.05, 0.1) is 12.2 Å². The summed E-state index contributed by atoms with van der Waals surface area (Å²) in [6, 6.07) is 0. The molecule has 0 spiro atoms. The number of rotatable bonds is 3. The number of nitrogens with zero attached hydrogens (tertiary/aromatic N) is 6. The molecule has 4 rings (SSSR count). The first-order chi connectivity index (χ1) is 10.2. The van der Waals surface area contributed by atoms with Crippen LogP contribution in [0.15, 0.2) is 17.8 Å². The fourth-order valence-corrected chi connectivity index (χ4v) is 3.59. The minimum Gasteiger partial charge on any atom is -0.312 e. The molecule has 3 aromatic heterocycles. The number of thiazole rings is 1. The summed E-state index contributed by atoms with van der Waals surface area (Å²) in [4.78, 5) is 8.10. The Bertz CT molecular complexity index is 739. The molecule has 4 heterocycles. The minimum absolute atomic E-state index is 0.428. The lowest BCUT2D eigenvalue weighted by Crippen LogP contribution is -2.34. The van der Waals surface area contributed by atoms with Crippen molar-refractivity contribution >= 4 is 16.3 Å². The molecule has 0 amide bonds. The molecule has 0 N–H and O–H groups in total. The van der Waals surface area contributed by atoms with Gasteiger partial charge in [-0.25, -0.2) is 4.98 Å². The molecule has 0 aliphatic carbocycles. The lowest BCUT2D eigenvalue weighted by Gasteiger charge is -2.27. The van der Waals surface area contributed by atoms with Crippen molar-refractivity contribution in [3.05, 3.63) is 35.1 Å². The van der Waals surface area contributed by atoms with Crippen LogP contribution in [0.1, 0.15) is 37.1 Å². The van der Waals surface area contributed by atoms with E-state index < -0.39 is 0 Å². The van der Waals surface area contributed by atoms with Crippen LogP contribution in [0.3, 0.4) is 0 Å². The topological polar surface area (TPSA) is 51.2 Å². The third-order valence-electron chi connectivity index (χ3n) is 3.91. The van der Waals surface area contributed by atoms with Crippen molar-refractivity contribution in [2.45, 2.75) is 39.4 Å². The van der Waals surface area contributed by atoms with Crippen LogP contribution in [0.4, 0.5) is 0 Å². The summed E-state index contributed by atoms with van der Waals surface area (Å²) in [6.07, 6.45) is 4.17. The monoisotopic (exact) mass is 302 g/mol. The zero-order valence-corrected chi connectivity index (χ0v) is 13.0. The molecular weight excluding hydrogens is 284 g/mol. The SMILES string of the molecule is CC(C)c1nnc2n1CCN(Cc1cn3ccsc3n1)C2. The first-order valence-electron chi connectivity index (χ1n) is 7.26. The Labute approximate surface area is 127 Å². The van der Waals surface area contributed by atoms with E-state index in [9.17, 15) is 0 Å². The van der Waals surface area contributed by atoms with E-state index in [4.69, 9.17) is 0 Å². The number of imidazole rings is 1. The van der Waals surface area contributed by atoms with Crippen LogP contribution in [-0.4, -0.2) is 35.6 Å². The molecule has 21 heavy (non-hydrogen) atoms. The quantitative estimate of drug-likeness (QED) is 0.744. The van der Waals surface area contributed by atoms with Crippen LogP contribution < -0.4 is 0 Å². The van der Waals surface area contributed by atoms with E-state index in [1.807, 2.05) is 0 Å². The van der Waals surface area contributed by atoms with Crippen molar-refractivity contribution < 1.29 is 0 Å². The molecule has 0 fully saturated rings. The van der Waals surface area contributed by atoms with Crippen molar-refractivity contribution in [2.24, 2.45) is 0 Å². The minimum atomic E-state index is 0.428. The molecule has 110 valence electrons. The number of fused-ring (bicyclic) bond motifs is 2. The molecule has 0 bridgehead atoms. The number of hydrogen-bond acceptors (Lipinski definition) is 5. The zero-order valence-electron chi connectivity index (χ0n) is 12.2.